The van der Waals surface area contributed by atoms with Crippen molar-refractivity contribution in [2.24, 2.45) is 5.73 Å². The summed E-state index contributed by atoms with van der Waals surface area (Å²) in [4.78, 5) is 14.9. The number of carboxylic acid groups (broad SMARTS) is 1. The van der Waals surface area contributed by atoms with Gasteiger partial charge in [0.15, 0.2) is 5.76 Å². The van der Waals surface area contributed by atoms with E-state index in [-0.39, 0.29) is 5.69 Å². The molecule has 3 aromatic heterocycles. The lowest BCUT2D eigenvalue weighted by molar-refractivity contribution is 0.0686. The molecule has 7 nitrogen and oxygen atoms in total. The van der Waals surface area contributed by atoms with E-state index in [0.717, 1.165) is 15.8 Å². The van der Waals surface area contributed by atoms with Crippen LogP contribution in [0.2, 0.25) is 4.34 Å². The van der Waals surface area contributed by atoms with Gasteiger partial charge < -0.3 is 24.8 Å². The van der Waals surface area contributed by atoms with Crippen molar-refractivity contribution >= 4 is 39.8 Å². The van der Waals surface area contributed by atoms with E-state index < -0.39 is 5.97 Å². The minimum Gasteiger partial charge on any atom is -0.477 e. The van der Waals surface area contributed by atoms with E-state index in [9.17, 15) is 9.90 Å². The summed E-state index contributed by atoms with van der Waals surface area (Å²) < 4.78 is 7.76. The Morgan fingerprint density at radius 1 is 1.24 bits per heavy atom. The van der Waals surface area contributed by atoms with Crippen LogP contribution in [0.15, 0.2) is 53.1 Å². The maximum Gasteiger partial charge on any atom is 0.352 e. The molecule has 1 fully saturated rings. The first-order valence-electron chi connectivity index (χ1n) is 11.0. The van der Waals surface area contributed by atoms with Crippen LogP contribution in [0.1, 0.15) is 35.9 Å². The molecule has 0 spiro atoms. The van der Waals surface area contributed by atoms with Crippen molar-refractivity contribution in [1.82, 2.24) is 14.6 Å². The Morgan fingerprint density at radius 2 is 2.00 bits per heavy atom. The van der Waals surface area contributed by atoms with Crippen molar-refractivity contribution in [2.45, 2.75) is 32.4 Å². The largest absolute Gasteiger partial charge is 0.477 e. The van der Waals surface area contributed by atoms with Gasteiger partial charge in [-0.25, -0.2) is 4.79 Å². The zero-order valence-corrected chi connectivity index (χ0v) is 20.0. The highest BCUT2D eigenvalue weighted by Crippen LogP contribution is 2.31. The van der Waals surface area contributed by atoms with Gasteiger partial charge in [-0.15, -0.1) is 11.3 Å². The van der Waals surface area contributed by atoms with Crippen LogP contribution in [0.4, 0.5) is 0 Å². The Morgan fingerprint density at radius 3 is 2.67 bits per heavy atom. The molecule has 0 amide bonds. The molecule has 0 aliphatic carbocycles. The predicted octanol–water partition coefficient (Wildman–Crippen LogP) is 5.19. The number of rotatable bonds is 5. The lowest BCUT2D eigenvalue weighted by Crippen LogP contribution is -2.39. The van der Waals surface area contributed by atoms with Crippen LogP contribution in [0.25, 0.3) is 21.5 Å². The first-order chi connectivity index (χ1) is 15.9. The van der Waals surface area contributed by atoms with Crippen LogP contribution >= 0.6 is 22.9 Å². The van der Waals surface area contributed by atoms with E-state index in [0.29, 0.717) is 28.4 Å². The number of hydrogen-bond acceptors (Lipinski definition) is 6. The Kier molecular flexibility index (Phi) is 7.49. The van der Waals surface area contributed by atoms with E-state index in [1.807, 2.05) is 36.4 Å². The number of thiophene rings is 1. The second kappa shape index (κ2) is 10.5. The summed E-state index contributed by atoms with van der Waals surface area (Å²) in [7, 11) is 0. The number of piperidine rings is 1. The fourth-order valence-electron chi connectivity index (χ4n) is 3.94. The molecule has 4 aromatic rings. The van der Waals surface area contributed by atoms with Crippen LogP contribution < -0.4 is 5.73 Å². The lowest BCUT2D eigenvalue weighted by atomic mass is 10.1. The molecule has 5 rings (SSSR count). The molecule has 0 saturated carbocycles. The number of nitrogens with two attached hydrogens (primary N) is 1. The molecule has 9 heteroatoms. The highest BCUT2D eigenvalue weighted by Gasteiger charge is 2.17. The normalized spacial score (nSPS) is 14.9. The van der Waals surface area contributed by atoms with E-state index >= 15 is 0 Å². The minimum atomic E-state index is -0.972. The smallest absolute Gasteiger partial charge is 0.352 e. The fraction of sp³-hybridized carbons (Fsp3) is 0.333. The molecule has 1 saturated heterocycles. The lowest BCUT2D eigenvalue weighted by Gasteiger charge is -2.28. The van der Waals surface area contributed by atoms with Crippen molar-refractivity contribution < 1.29 is 14.4 Å². The Bertz CT molecular complexity index is 1220. The van der Waals surface area contributed by atoms with Crippen LogP contribution in [0.3, 0.4) is 0 Å². The number of carbonyl (C=O) groups is 1. The fourth-order valence-corrected chi connectivity index (χ4v) is 4.93. The summed E-state index contributed by atoms with van der Waals surface area (Å²) in [6.45, 7) is 6.12. The Labute approximate surface area is 201 Å². The van der Waals surface area contributed by atoms with Gasteiger partial charge >= 0.3 is 5.97 Å². The molecule has 0 bridgehead atoms. The average Bonchev–Trinajstić information content (AvgIpc) is 3.54. The van der Waals surface area contributed by atoms with Crippen LogP contribution in [-0.2, 0) is 6.54 Å². The van der Waals surface area contributed by atoms with Crippen molar-refractivity contribution in [2.75, 3.05) is 19.6 Å². The number of hydrogen-bond donors (Lipinski definition) is 2. The molecule has 1 aliphatic rings. The van der Waals surface area contributed by atoms with Crippen LogP contribution in [-0.4, -0.2) is 51.4 Å². The second-order valence-corrected chi connectivity index (χ2v) is 9.75. The molecular weight excluding hydrogens is 460 g/mol. The van der Waals surface area contributed by atoms with Gasteiger partial charge in [0.2, 0.25) is 0 Å². The SMILES string of the molecule is CCN1CCC(N)CC1.O=C(O)c1cc2ccccc2n1Cc1cc(-c2ccc(Cl)s2)on1. The van der Waals surface area contributed by atoms with Gasteiger partial charge in [-0.2, -0.15) is 0 Å². The topological polar surface area (TPSA) is 97.5 Å². The van der Waals surface area contributed by atoms with Crippen molar-refractivity contribution in [1.29, 1.82) is 0 Å². The van der Waals surface area contributed by atoms with Gasteiger partial charge in [-0.05, 0) is 56.7 Å². The van der Waals surface area contributed by atoms with E-state index in [2.05, 4.69) is 17.0 Å². The van der Waals surface area contributed by atoms with E-state index in [4.69, 9.17) is 21.9 Å². The predicted molar refractivity (Wildman–Crippen MR) is 132 cm³/mol. The van der Waals surface area contributed by atoms with Gasteiger partial charge in [0, 0.05) is 23.0 Å². The van der Waals surface area contributed by atoms with Crippen LogP contribution in [0, 0.1) is 0 Å². The molecule has 0 unspecified atom stereocenters. The van der Waals surface area contributed by atoms with Gasteiger partial charge in [-0.3, -0.25) is 0 Å². The maximum absolute atomic E-state index is 11.5. The van der Waals surface area contributed by atoms with Gasteiger partial charge in [0.1, 0.15) is 11.4 Å². The number of halogens is 1. The number of carboxylic acids is 1. The number of nitrogens with zero attached hydrogens (tertiary/aromatic N) is 3. The first-order valence-corrected chi connectivity index (χ1v) is 12.1. The quantitative estimate of drug-likeness (QED) is 0.403. The van der Waals surface area contributed by atoms with Crippen LogP contribution in [0.5, 0.6) is 0 Å². The molecule has 4 heterocycles. The molecule has 1 aliphatic heterocycles. The summed E-state index contributed by atoms with van der Waals surface area (Å²) in [6, 6.07) is 15.2. The number of para-hydroxylation sites is 1. The van der Waals surface area contributed by atoms with Crippen molar-refractivity contribution in [3.8, 4) is 10.6 Å². The summed E-state index contributed by atoms with van der Waals surface area (Å²) >= 11 is 7.34. The average molecular weight is 487 g/mol. The molecule has 0 atom stereocenters. The minimum absolute atomic E-state index is 0.222. The van der Waals surface area contributed by atoms with Gasteiger partial charge in [-0.1, -0.05) is 41.9 Å². The maximum atomic E-state index is 11.5. The summed E-state index contributed by atoms with van der Waals surface area (Å²) in [5.41, 5.74) is 7.44. The number of benzene rings is 1. The zero-order chi connectivity index (χ0) is 23.4. The highest BCUT2D eigenvalue weighted by atomic mass is 35.5. The van der Waals surface area contributed by atoms with E-state index in [1.54, 1.807) is 16.7 Å². The molecular formula is C24H27ClN4O3S. The van der Waals surface area contributed by atoms with Crippen molar-refractivity contribution in [3.05, 3.63) is 64.3 Å². The Balaban J connectivity index is 0.000000243. The monoisotopic (exact) mass is 486 g/mol. The number of aromatic carboxylic acids is 1. The first kappa shape index (κ1) is 23.5. The molecule has 33 heavy (non-hydrogen) atoms. The van der Waals surface area contributed by atoms with Gasteiger partial charge in [0.05, 0.1) is 15.8 Å². The molecule has 0 radical (unpaired) electrons. The zero-order valence-electron chi connectivity index (χ0n) is 18.4. The van der Waals surface area contributed by atoms with Gasteiger partial charge in [0.25, 0.3) is 0 Å². The summed E-state index contributed by atoms with van der Waals surface area (Å²) in [5.74, 6) is -0.352. The highest BCUT2D eigenvalue weighted by molar-refractivity contribution is 7.19. The van der Waals surface area contributed by atoms with Crippen molar-refractivity contribution in [3.63, 3.8) is 0 Å². The van der Waals surface area contributed by atoms with E-state index in [1.165, 1.54) is 43.8 Å². The standard InChI is InChI=1S/C17H11ClN2O3S.C7H16N2/c18-16-6-5-15(24-16)14-8-11(19-23-14)9-20-12-4-2-1-3-10(12)7-13(20)17(21)22;1-2-9-5-3-7(8)4-6-9/h1-8H,9H2,(H,21,22);7H,2-6,8H2,1H3. The third-order valence-electron chi connectivity index (χ3n) is 5.80. The number of likely N-dealkylation sites (tertiary alicyclic amines) is 1. The summed E-state index contributed by atoms with van der Waals surface area (Å²) in [5, 5.41) is 14.4. The summed E-state index contributed by atoms with van der Waals surface area (Å²) in [6.07, 6.45) is 2.38. The number of aromatic nitrogens is 2. The third kappa shape index (κ3) is 5.65. The second-order valence-electron chi connectivity index (χ2n) is 8.04. The Hall–Kier alpha value is -2.65. The number of fused-ring (bicyclic) bond motifs is 1. The molecule has 3 N–H and O–H groups in total. The molecule has 174 valence electrons. The third-order valence-corrected chi connectivity index (χ3v) is 7.05. The molecule has 1 aromatic carbocycles.